The molecule has 11 heteroatoms. The highest BCUT2D eigenvalue weighted by atomic mass is 35.5. The van der Waals surface area contributed by atoms with E-state index < -0.39 is 27.9 Å². The molecule has 2 aromatic rings. The van der Waals surface area contributed by atoms with Gasteiger partial charge in [-0.3, -0.25) is 14.5 Å². The highest BCUT2D eigenvalue weighted by Crippen LogP contribution is 2.38. The minimum Gasteiger partial charge on any atom is -0.495 e. The second-order valence-corrected chi connectivity index (χ2v) is 8.09. The maximum atomic E-state index is 13.1. The van der Waals surface area contributed by atoms with Crippen molar-refractivity contribution in [2.45, 2.75) is 17.8 Å². The molecule has 1 saturated heterocycles. The zero-order valence-corrected chi connectivity index (χ0v) is 17.9. The summed E-state index contributed by atoms with van der Waals surface area (Å²) in [5.41, 5.74) is -0.631. The topological polar surface area (TPSA) is 71.0 Å². The fourth-order valence-electron chi connectivity index (χ4n) is 2.77. The summed E-state index contributed by atoms with van der Waals surface area (Å²) in [4.78, 5) is 30.5. The Hall–Kier alpha value is -2.72. The van der Waals surface area contributed by atoms with Crippen LogP contribution in [0.3, 0.4) is 0 Å². The minimum absolute atomic E-state index is 0.0374. The van der Waals surface area contributed by atoms with Crippen molar-refractivity contribution in [1.29, 1.82) is 0 Å². The van der Waals surface area contributed by atoms with Crippen molar-refractivity contribution >= 4 is 51.7 Å². The van der Waals surface area contributed by atoms with Crippen molar-refractivity contribution in [2.24, 2.45) is 4.99 Å². The molecule has 3 rings (SSSR count). The van der Waals surface area contributed by atoms with E-state index in [1.165, 1.54) is 25.1 Å². The Balaban J connectivity index is 1.85. The Labute approximate surface area is 185 Å². The summed E-state index contributed by atoms with van der Waals surface area (Å²) < 4.78 is 44.5. The Bertz CT molecular complexity index is 1050. The average molecular weight is 472 g/mol. The molecule has 1 N–H and O–H groups in total. The number of alkyl halides is 3. The van der Waals surface area contributed by atoms with Gasteiger partial charge in [0.05, 0.1) is 29.1 Å². The Morgan fingerprint density at radius 2 is 2.00 bits per heavy atom. The molecule has 0 aromatic heterocycles. The summed E-state index contributed by atoms with van der Waals surface area (Å²) in [6, 6.07) is 9.98. The van der Waals surface area contributed by atoms with E-state index in [4.69, 9.17) is 16.3 Å². The SMILES string of the molecule is COc1ccccc1NC(=O)C1CC(=O)N(C)C(=Nc2ccc(Cl)c(C(F)(F)F)c2)S1. The van der Waals surface area contributed by atoms with Crippen LogP contribution in [0.4, 0.5) is 24.5 Å². The number of amides is 2. The lowest BCUT2D eigenvalue weighted by Crippen LogP contribution is -2.43. The van der Waals surface area contributed by atoms with Gasteiger partial charge in [0.2, 0.25) is 11.8 Å². The molecule has 164 valence electrons. The molecule has 0 spiro atoms. The van der Waals surface area contributed by atoms with Crippen molar-refractivity contribution in [3.63, 3.8) is 0 Å². The number of methoxy groups -OCH3 is 1. The summed E-state index contributed by atoms with van der Waals surface area (Å²) in [5, 5.41) is 1.54. The van der Waals surface area contributed by atoms with Crippen LogP contribution in [0.5, 0.6) is 5.75 Å². The zero-order valence-electron chi connectivity index (χ0n) is 16.4. The molecule has 1 aliphatic heterocycles. The molecule has 31 heavy (non-hydrogen) atoms. The largest absolute Gasteiger partial charge is 0.495 e. The van der Waals surface area contributed by atoms with E-state index in [0.29, 0.717) is 11.4 Å². The fraction of sp³-hybridized carbons (Fsp3) is 0.250. The number of rotatable bonds is 4. The first-order chi connectivity index (χ1) is 14.6. The van der Waals surface area contributed by atoms with Gasteiger partial charge in [0.25, 0.3) is 0 Å². The first-order valence-corrected chi connectivity index (χ1v) is 10.2. The second kappa shape index (κ2) is 9.19. The third-order valence-corrected chi connectivity index (χ3v) is 5.98. The lowest BCUT2D eigenvalue weighted by Gasteiger charge is -2.29. The van der Waals surface area contributed by atoms with Crippen molar-refractivity contribution in [3.8, 4) is 5.75 Å². The van der Waals surface area contributed by atoms with Crippen LogP contribution in [-0.2, 0) is 15.8 Å². The summed E-state index contributed by atoms with van der Waals surface area (Å²) in [6.07, 6.45) is -4.73. The molecule has 1 fully saturated rings. The molecule has 1 atom stereocenters. The van der Waals surface area contributed by atoms with Gasteiger partial charge >= 0.3 is 6.18 Å². The summed E-state index contributed by atoms with van der Waals surface area (Å²) >= 11 is 6.63. The van der Waals surface area contributed by atoms with Gasteiger partial charge in [0.1, 0.15) is 11.0 Å². The minimum atomic E-state index is -4.65. The van der Waals surface area contributed by atoms with Crippen molar-refractivity contribution in [3.05, 3.63) is 53.1 Å². The van der Waals surface area contributed by atoms with Crippen molar-refractivity contribution in [2.75, 3.05) is 19.5 Å². The Morgan fingerprint density at radius 3 is 2.68 bits per heavy atom. The number of para-hydroxylation sites is 2. The first-order valence-electron chi connectivity index (χ1n) is 8.92. The number of carbonyl (C=O) groups excluding carboxylic acids is 2. The maximum absolute atomic E-state index is 13.1. The van der Waals surface area contributed by atoms with Crippen LogP contribution >= 0.6 is 23.4 Å². The number of nitrogens with one attached hydrogen (secondary N) is 1. The number of benzene rings is 2. The molecule has 2 aromatic carbocycles. The number of nitrogens with zero attached hydrogens (tertiary/aromatic N) is 2. The van der Waals surface area contributed by atoms with Gasteiger partial charge in [-0.15, -0.1) is 0 Å². The maximum Gasteiger partial charge on any atom is 0.417 e. The number of anilines is 1. The first kappa shape index (κ1) is 23.0. The van der Waals surface area contributed by atoms with Crippen molar-refractivity contribution in [1.82, 2.24) is 4.90 Å². The van der Waals surface area contributed by atoms with Crippen LogP contribution in [0.2, 0.25) is 5.02 Å². The van der Waals surface area contributed by atoms with Gasteiger partial charge in [-0.05, 0) is 30.3 Å². The van der Waals surface area contributed by atoms with Gasteiger partial charge in [-0.25, -0.2) is 4.99 Å². The standard InChI is InChI=1S/C20H17ClF3N3O3S/c1-27-17(28)10-16(18(29)26-14-5-3-4-6-15(14)30-2)31-19(27)25-11-7-8-13(21)12(9-11)20(22,23)24/h3-9,16H,10H2,1-2H3,(H,26,29). The average Bonchev–Trinajstić information content (AvgIpc) is 2.72. The molecule has 6 nitrogen and oxygen atoms in total. The van der Waals surface area contributed by atoms with E-state index in [1.54, 1.807) is 24.3 Å². The molecule has 1 heterocycles. The molecule has 2 amide bonds. The van der Waals surface area contributed by atoms with Gasteiger partial charge in [-0.2, -0.15) is 13.2 Å². The molecule has 0 radical (unpaired) electrons. The zero-order chi connectivity index (χ0) is 22.8. The lowest BCUT2D eigenvalue weighted by atomic mass is 10.2. The predicted octanol–water partition coefficient (Wildman–Crippen LogP) is 4.96. The number of amidine groups is 1. The molecular formula is C20H17ClF3N3O3S. The van der Waals surface area contributed by atoms with Crippen molar-refractivity contribution < 1.29 is 27.5 Å². The van der Waals surface area contributed by atoms with Crippen LogP contribution in [-0.4, -0.2) is 41.3 Å². The van der Waals surface area contributed by atoms with Crippen LogP contribution in [0.25, 0.3) is 0 Å². The summed E-state index contributed by atoms with van der Waals surface area (Å²) in [5.74, 6) is -0.381. The normalized spacial score (nSPS) is 18.3. The molecule has 1 unspecified atom stereocenters. The number of hydrogen-bond acceptors (Lipinski definition) is 5. The third-order valence-electron chi connectivity index (χ3n) is 4.41. The highest BCUT2D eigenvalue weighted by Gasteiger charge is 2.35. The number of thioether (sulfide) groups is 1. The quantitative estimate of drug-likeness (QED) is 0.684. The lowest BCUT2D eigenvalue weighted by molar-refractivity contribution is -0.137. The molecule has 0 aliphatic carbocycles. The van der Waals surface area contributed by atoms with Gasteiger partial charge in [0, 0.05) is 13.5 Å². The third kappa shape index (κ3) is 5.31. The molecule has 1 aliphatic rings. The van der Waals surface area contributed by atoms with Gasteiger partial charge < -0.3 is 10.1 Å². The highest BCUT2D eigenvalue weighted by molar-refractivity contribution is 8.15. The van der Waals surface area contributed by atoms with E-state index in [0.717, 1.165) is 23.9 Å². The van der Waals surface area contributed by atoms with Crippen LogP contribution in [0.1, 0.15) is 12.0 Å². The number of hydrogen-bond donors (Lipinski definition) is 1. The monoisotopic (exact) mass is 471 g/mol. The number of halogens is 4. The number of ether oxygens (including phenoxy) is 1. The van der Waals surface area contributed by atoms with Gasteiger partial charge in [-0.1, -0.05) is 35.5 Å². The van der Waals surface area contributed by atoms with Gasteiger partial charge in [0.15, 0.2) is 5.17 Å². The Morgan fingerprint density at radius 1 is 1.29 bits per heavy atom. The molecule has 0 bridgehead atoms. The summed E-state index contributed by atoms with van der Waals surface area (Å²) in [6.45, 7) is 0. The Kier molecular flexibility index (Phi) is 6.80. The number of carbonyl (C=O) groups is 2. The van der Waals surface area contributed by atoms with E-state index in [9.17, 15) is 22.8 Å². The predicted molar refractivity (Wildman–Crippen MR) is 114 cm³/mol. The molecular weight excluding hydrogens is 455 g/mol. The van der Waals surface area contributed by atoms with E-state index in [-0.39, 0.29) is 23.2 Å². The van der Waals surface area contributed by atoms with E-state index in [1.807, 2.05) is 0 Å². The van der Waals surface area contributed by atoms with Crippen LogP contribution < -0.4 is 10.1 Å². The smallest absolute Gasteiger partial charge is 0.417 e. The second-order valence-electron chi connectivity index (χ2n) is 6.51. The van der Waals surface area contributed by atoms with E-state index in [2.05, 4.69) is 10.3 Å². The van der Waals surface area contributed by atoms with Crippen LogP contribution in [0, 0.1) is 0 Å². The van der Waals surface area contributed by atoms with E-state index >= 15 is 0 Å². The fourth-order valence-corrected chi connectivity index (χ4v) is 4.06. The van der Waals surface area contributed by atoms with Crippen LogP contribution in [0.15, 0.2) is 47.5 Å². The number of aliphatic imine (C=N–C) groups is 1. The molecule has 0 saturated carbocycles. The summed E-state index contributed by atoms with van der Waals surface area (Å²) in [7, 11) is 2.91.